The molecule has 0 saturated carbocycles. The first-order valence-electron chi connectivity index (χ1n) is 9.59. The van der Waals surface area contributed by atoms with E-state index in [2.05, 4.69) is 41.7 Å². The summed E-state index contributed by atoms with van der Waals surface area (Å²) in [6.07, 6.45) is 0. The first kappa shape index (κ1) is 21.3. The minimum atomic E-state index is -2.39. The quantitative estimate of drug-likeness (QED) is 0.564. The van der Waals surface area contributed by atoms with Crippen molar-refractivity contribution in [3.63, 3.8) is 0 Å². The molecule has 1 amide bonds. The Balaban J connectivity index is 2.35. The van der Waals surface area contributed by atoms with Gasteiger partial charge in [-0.05, 0) is 36.4 Å². The van der Waals surface area contributed by atoms with Crippen molar-refractivity contribution >= 4 is 40.7 Å². The highest BCUT2D eigenvalue weighted by atomic mass is 35.5. The molecule has 0 aliphatic carbocycles. The first-order chi connectivity index (χ1) is 13.9. The Bertz CT molecular complexity index is 883. The fourth-order valence-electron chi connectivity index (χ4n) is 3.31. The molecule has 2 nitrogen and oxygen atoms in total. The second-order valence-electron chi connectivity index (χ2n) is 7.88. The van der Waals surface area contributed by atoms with E-state index in [4.69, 9.17) is 11.6 Å². The molecule has 148 valence electrons. The van der Waals surface area contributed by atoms with Crippen LogP contribution in [0, 0.1) is 5.41 Å². The van der Waals surface area contributed by atoms with Gasteiger partial charge in [0.15, 0.2) is 12.7 Å². The van der Waals surface area contributed by atoms with Crippen molar-refractivity contribution in [3.8, 4) is 0 Å². The van der Waals surface area contributed by atoms with Gasteiger partial charge in [-0.2, -0.15) is 0 Å². The lowest BCUT2D eigenvalue weighted by Crippen LogP contribution is -2.41. The molecule has 0 fully saturated rings. The number of carbonyl (C=O) groups excluding carboxylic acids is 1. The van der Waals surface area contributed by atoms with Gasteiger partial charge >= 0.3 is 0 Å². The fraction of sp³-hybridized carbons (Fsp3) is 0.160. The topological polar surface area (TPSA) is 29.1 Å². The Kier molecular flexibility index (Phi) is 6.57. The van der Waals surface area contributed by atoms with Gasteiger partial charge in [0.1, 0.15) is 15.9 Å². The van der Waals surface area contributed by atoms with Crippen LogP contribution in [0.4, 0.5) is 0 Å². The van der Waals surface area contributed by atoms with E-state index >= 15 is 0 Å². The van der Waals surface area contributed by atoms with Gasteiger partial charge in [0.2, 0.25) is 5.91 Å². The van der Waals surface area contributed by atoms with E-state index < -0.39 is 12.7 Å². The summed E-state index contributed by atoms with van der Waals surface area (Å²) in [6, 6.07) is 31.0. The Morgan fingerprint density at radius 1 is 0.759 bits per heavy atom. The summed E-state index contributed by atoms with van der Waals surface area (Å²) in [4.78, 5) is 13.0. The summed E-state index contributed by atoms with van der Waals surface area (Å²) in [5.74, 6) is -0.0587. The molecule has 3 aromatic rings. The van der Waals surface area contributed by atoms with Crippen molar-refractivity contribution in [2.24, 2.45) is 5.41 Å². The van der Waals surface area contributed by atoms with Crippen LogP contribution in [0.2, 0.25) is 0 Å². The van der Waals surface area contributed by atoms with Gasteiger partial charge in [0, 0.05) is 5.41 Å². The molecule has 0 aliphatic rings. The van der Waals surface area contributed by atoms with Crippen LogP contribution in [-0.2, 0) is 4.79 Å². The smallest absolute Gasteiger partial charge is 0.232 e. The van der Waals surface area contributed by atoms with Crippen molar-refractivity contribution in [2.75, 3.05) is 0 Å². The van der Waals surface area contributed by atoms with Crippen LogP contribution in [0.5, 0.6) is 0 Å². The minimum absolute atomic E-state index is 0.0587. The predicted octanol–water partition coefficient (Wildman–Crippen LogP) is 5.18. The van der Waals surface area contributed by atoms with Crippen molar-refractivity contribution in [2.45, 2.75) is 20.8 Å². The maximum Gasteiger partial charge on any atom is 0.232 e. The molecule has 0 bridgehead atoms. The van der Waals surface area contributed by atoms with Gasteiger partial charge in [-0.25, -0.2) is 0 Å². The van der Waals surface area contributed by atoms with E-state index in [0.29, 0.717) is 0 Å². The van der Waals surface area contributed by atoms with Crippen LogP contribution in [0.25, 0.3) is 0 Å². The maximum absolute atomic E-state index is 13.0. The van der Waals surface area contributed by atoms with Crippen LogP contribution in [-0.4, -0.2) is 5.91 Å². The van der Waals surface area contributed by atoms with Crippen LogP contribution in [0.1, 0.15) is 20.8 Å². The molecule has 0 radical (unpaired) electrons. The van der Waals surface area contributed by atoms with Gasteiger partial charge < -0.3 is 0 Å². The van der Waals surface area contributed by atoms with Gasteiger partial charge in [-0.15, -0.1) is 0 Å². The lowest BCUT2D eigenvalue weighted by molar-refractivity contribution is -0.127. The fourth-order valence-corrected chi connectivity index (χ4v) is 7.80. The van der Waals surface area contributed by atoms with E-state index in [1.165, 1.54) is 0 Å². The highest BCUT2D eigenvalue weighted by molar-refractivity contribution is 7.99. The van der Waals surface area contributed by atoms with Crippen molar-refractivity contribution in [1.29, 1.82) is 0 Å². The van der Waals surface area contributed by atoms with E-state index in [-0.39, 0.29) is 5.91 Å². The second kappa shape index (κ2) is 8.95. The Hall–Kier alpha value is -2.41. The predicted molar refractivity (Wildman–Crippen MR) is 127 cm³/mol. The number of benzene rings is 3. The van der Waals surface area contributed by atoms with Gasteiger partial charge in [0.25, 0.3) is 0 Å². The number of hydrogen-bond donors (Lipinski definition) is 1. The van der Waals surface area contributed by atoms with Crippen molar-refractivity contribution in [1.82, 2.24) is 5.32 Å². The number of carbonyl (C=O) groups is 1. The Morgan fingerprint density at radius 3 is 1.38 bits per heavy atom. The molecular formula is C25H26ClNOP+. The average molecular weight is 423 g/mol. The summed E-state index contributed by atoms with van der Waals surface area (Å²) < 4.78 is 0. The molecular weight excluding hydrogens is 397 g/mol. The van der Waals surface area contributed by atoms with E-state index in [1.54, 1.807) is 5.54 Å². The molecule has 3 rings (SSSR count). The highest BCUT2D eigenvalue weighted by Crippen LogP contribution is 2.61. The molecule has 0 aliphatic heterocycles. The van der Waals surface area contributed by atoms with Crippen LogP contribution in [0.15, 0.2) is 102 Å². The van der Waals surface area contributed by atoms with Crippen LogP contribution in [0.3, 0.4) is 0 Å². The lowest BCUT2D eigenvalue weighted by atomic mass is 9.96. The van der Waals surface area contributed by atoms with Crippen molar-refractivity contribution < 1.29 is 4.79 Å². The number of halogens is 1. The average Bonchev–Trinajstić information content (AvgIpc) is 2.75. The monoisotopic (exact) mass is 422 g/mol. The third-order valence-corrected chi connectivity index (χ3v) is 9.37. The van der Waals surface area contributed by atoms with Gasteiger partial charge in [-0.1, -0.05) is 87.0 Å². The van der Waals surface area contributed by atoms with E-state index in [0.717, 1.165) is 21.4 Å². The van der Waals surface area contributed by atoms with Crippen LogP contribution >= 0.6 is 18.9 Å². The molecule has 0 heterocycles. The van der Waals surface area contributed by atoms with E-state index in [9.17, 15) is 4.79 Å². The zero-order valence-electron chi connectivity index (χ0n) is 17.0. The summed E-state index contributed by atoms with van der Waals surface area (Å²) in [5.41, 5.74) is 1.75. The number of nitrogens with one attached hydrogen (secondary N) is 1. The molecule has 0 atom stereocenters. The number of rotatable bonds is 5. The zero-order valence-corrected chi connectivity index (χ0v) is 18.6. The normalized spacial score (nSPS) is 12.5. The summed E-state index contributed by atoms with van der Waals surface area (Å²) in [5, 5.41) is 6.60. The van der Waals surface area contributed by atoms with Gasteiger partial charge in [-0.3, -0.25) is 10.1 Å². The maximum atomic E-state index is 13.0. The molecule has 0 unspecified atom stereocenters. The SMILES string of the molecule is CC(C)(C)C(=O)N/C(=C/Cl)[P+](c1ccccc1)(c1ccccc1)c1ccccc1. The molecule has 3 aromatic carbocycles. The summed E-state index contributed by atoms with van der Waals surface area (Å²) in [7, 11) is -2.39. The summed E-state index contributed by atoms with van der Waals surface area (Å²) >= 11 is 6.45. The molecule has 1 N–H and O–H groups in total. The molecule has 0 spiro atoms. The standard InChI is InChI=1S/C25H25ClNOP/c1-25(2,3)24(28)27-23(19-26)29(20-13-7-4-8-14-20,21-15-9-5-10-16-21)22-17-11-6-12-18-22/h4-19H,1-3H3/p+1/b23-19-. The van der Waals surface area contributed by atoms with Gasteiger partial charge in [0.05, 0.1) is 5.54 Å². The van der Waals surface area contributed by atoms with Crippen LogP contribution < -0.4 is 21.2 Å². The third kappa shape index (κ3) is 4.29. The zero-order chi connectivity index (χ0) is 20.9. The lowest BCUT2D eigenvalue weighted by Gasteiger charge is -2.30. The number of hydrogen-bond acceptors (Lipinski definition) is 1. The number of amides is 1. The first-order valence-corrected chi connectivity index (χ1v) is 11.8. The van der Waals surface area contributed by atoms with E-state index in [1.807, 2.05) is 75.4 Å². The second-order valence-corrected chi connectivity index (χ2v) is 11.5. The highest BCUT2D eigenvalue weighted by Gasteiger charge is 2.51. The molecule has 4 heteroatoms. The molecule has 0 aromatic heterocycles. The van der Waals surface area contributed by atoms with Crippen molar-refractivity contribution in [3.05, 3.63) is 102 Å². The summed E-state index contributed by atoms with van der Waals surface area (Å²) in [6.45, 7) is 5.71. The third-order valence-electron chi connectivity index (χ3n) is 4.82. The minimum Gasteiger partial charge on any atom is -0.295 e. The largest absolute Gasteiger partial charge is 0.295 e. The molecule has 29 heavy (non-hydrogen) atoms. The Morgan fingerprint density at radius 2 is 1.10 bits per heavy atom. The molecule has 0 saturated heterocycles. The Labute approximate surface area is 179 Å².